The quantitative estimate of drug-likeness (QED) is 0.684. The van der Waals surface area contributed by atoms with Crippen LogP contribution in [0, 0.1) is 5.92 Å². The molecule has 2 fully saturated rings. The van der Waals surface area contributed by atoms with Gasteiger partial charge in [-0.1, -0.05) is 0 Å². The lowest BCUT2D eigenvalue weighted by molar-refractivity contribution is -0.136. The van der Waals surface area contributed by atoms with Crippen LogP contribution in [0.15, 0.2) is 0 Å². The predicted octanol–water partition coefficient (Wildman–Crippen LogP) is -0.841. The number of aliphatic hydroxyl groups excluding tert-OH is 1. The molecule has 0 bridgehead atoms. The van der Waals surface area contributed by atoms with Gasteiger partial charge in [0.25, 0.3) is 0 Å². The van der Waals surface area contributed by atoms with Crippen molar-refractivity contribution in [3.05, 3.63) is 0 Å². The molecule has 0 spiro atoms. The first-order valence-electron chi connectivity index (χ1n) is 5.98. The summed E-state index contributed by atoms with van der Waals surface area (Å²) in [6.07, 6.45) is 1.01. The fraction of sp³-hybridized carbons (Fsp3) is 0.909. The first-order chi connectivity index (χ1) is 7.79. The molecule has 2 rings (SSSR count). The molecular formula is C11H20N2O3. The van der Waals surface area contributed by atoms with Crippen molar-refractivity contribution in [1.82, 2.24) is 9.80 Å². The van der Waals surface area contributed by atoms with Gasteiger partial charge in [0.05, 0.1) is 19.8 Å². The van der Waals surface area contributed by atoms with E-state index in [0.29, 0.717) is 25.7 Å². The highest BCUT2D eigenvalue weighted by Gasteiger charge is 2.25. The highest BCUT2D eigenvalue weighted by molar-refractivity contribution is 5.78. The Labute approximate surface area is 96.0 Å². The van der Waals surface area contributed by atoms with Crippen molar-refractivity contribution in [2.75, 3.05) is 52.5 Å². The van der Waals surface area contributed by atoms with Crippen LogP contribution in [0.5, 0.6) is 0 Å². The van der Waals surface area contributed by atoms with Gasteiger partial charge in [-0.05, 0) is 18.9 Å². The molecule has 5 nitrogen and oxygen atoms in total. The van der Waals surface area contributed by atoms with Gasteiger partial charge in [-0.3, -0.25) is 9.69 Å². The molecule has 1 atom stereocenters. The topological polar surface area (TPSA) is 53.0 Å². The molecule has 0 saturated carbocycles. The maximum atomic E-state index is 11.9. The molecule has 0 aliphatic carbocycles. The van der Waals surface area contributed by atoms with E-state index in [9.17, 15) is 4.79 Å². The average Bonchev–Trinajstić information content (AvgIpc) is 2.78. The van der Waals surface area contributed by atoms with E-state index in [2.05, 4.69) is 4.90 Å². The van der Waals surface area contributed by atoms with Gasteiger partial charge in [0.15, 0.2) is 0 Å². The summed E-state index contributed by atoms with van der Waals surface area (Å²) < 4.78 is 5.21. The summed E-state index contributed by atoms with van der Waals surface area (Å²) in [5.41, 5.74) is 0. The zero-order valence-corrected chi connectivity index (χ0v) is 9.60. The Hall–Kier alpha value is -0.650. The number of amides is 1. The molecule has 2 aliphatic heterocycles. The summed E-state index contributed by atoms with van der Waals surface area (Å²) in [5.74, 6) is 0.555. The molecule has 5 heteroatoms. The van der Waals surface area contributed by atoms with Crippen LogP contribution >= 0.6 is 0 Å². The second-order valence-corrected chi connectivity index (χ2v) is 4.57. The Morgan fingerprint density at radius 1 is 1.31 bits per heavy atom. The molecule has 1 amide bonds. The highest BCUT2D eigenvalue weighted by atomic mass is 16.5. The number of morpholine rings is 1. The van der Waals surface area contributed by atoms with Gasteiger partial charge in [-0.25, -0.2) is 0 Å². The van der Waals surface area contributed by atoms with Crippen LogP contribution in [0.3, 0.4) is 0 Å². The summed E-state index contributed by atoms with van der Waals surface area (Å²) >= 11 is 0. The first kappa shape index (κ1) is 11.8. The number of aliphatic hydroxyl groups is 1. The van der Waals surface area contributed by atoms with Crippen LogP contribution in [0.1, 0.15) is 6.42 Å². The molecule has 92 valence electrons. The number of carbonyl (C=O) groups excluding carboxylic acids is 1. The third-order valence-electron chi connectivity index (χ3n) is 3.35. The van der Waals surface area contributed by atoms with Crippen LogP contribution in [0.4, 0.5) is 0 Å². The molecular weight excluding hydrogens is 208 g/mol. The van der Waals surface area contributed by atoms with E-state index in [0.717, 1.165) is 32.6 Å². The molecule has 2 saturated heterocycles. The maximum Gasteiger partial charge on any atom is 0.236 e. The second-order valence-electron chi connectivity index (χ2n) is 4.57. The van der Waals surface area contributed by atoms with Crippen molar-refractivity contribution in [2.24, 2.45) is 5.92 Å². The van der Waals surface area contributed by atoms with Gasteiger partial charge in [-0.15, -0.1) is 0 Å². The van der Waals surface area contributed by atoms with Crippen molar-refractivity contribution >= 4 is 5.91 Å². The Balaban J connectivity index is 1.74. The van der Waals surface area contributed by atoms with Gasteiger partial charge in [0.1, 0.15) is 0 Å². The van der Waals surface area contributed by atoms with Gasteiger partial charge in [0, 0.05) is 26.2 Å². The van der Waals surface area contributed by atoms with E-state index in [1.165, 1.54) is 0 Å². The monoisotopic (exact) mass is 228 g/mol. The maximum absolute atomic E-state index is 11.9. The van der Waals surface area contributed by atoms with Crippen LogP contribution in [0.25, 0.3) is 0 Å². The van der Waals surface area contributed by atoms with E-state index in [1.807, 2.05) is 4.90 Å². The minimum Gasteiger partial charge on any atom is -0.396 e. The number of nitrogens with zero attached hydrogens (tertiary/aromatic N) is 2. The minimum atomic E-state index is 0.196. The second kappa shape index (κ2) is 5.61. The predicted molar refractivity (Wildman–Crippen MR) is 59.0 cm³/mol. The molecule has 2 heterocycles. The van der Waals surface area contributed by atoms with Crippen LogP contribution < -0.4 is 0 Å². The summed E-state index contributed by atoms with van der Waals surface area (Å²) in [7, 11) is 0. The van der Waals surface area contributed by atoms with Crippen molar-refractivity contribution < 1.29 is 14.6 Å². The molecule has 0 aromatic carbocycles. The Morgan fingerprint density at radius 2 is 2.06 bits per heavy atom. The Bertz CT molecular complexity index is 241. The number of ether oxygens (including phenoxy) is 1. The molecule has 0 radical (unpaired) electrons. The van der Waals surface area contributed by atoms with Gasteiger partial charge in [-0.2, -0.15) is 0 Å². The molecule has 16 heavy (non-hydrogen) atoms. The van der Waals surface area contributed by atoms with Crippen LogP contribution in [0.2, 0.25) is 0 Å². The summed E-state index contributed by atoms with van der Waals surface area (Å²) in [5, 5.41) is 9.03. The van der Waals surface area contributed by atoms with Crippen LogP contribution in [-0.2, 0) is 9.53 Å². The van der Waals surface area contributed by atoms with Gasteiger partial charge >= 0.3 is 0 Å². The fourth-order valence-corrected chi connectivity index (χ4v) is 2.31. The summed E-state index contributed by atoms with van der Waals surface area (Å²) in [6, 6.07) is 0. The zero-order chi connectivity index (χ0) is 11.4. The first-order valence-corrected chi connectivity index (χ1v) is 5.98. The zero-order valence-electron chi connectivity index (χ0n) is 9.60. The van der Waals surface area contributed by atoms with Crippen molar-refractivity contribution in [2.45, 2.75) is 6.42 Å². The lowest BCUT2D eigenvalue weighted by Crippen LogP contribution is -2.45. The SMILES string of the molecule is O=C(CN1CCC(CO)C1)N1CCOCC1. The molecule has 0 aromatic rings. The van der Waals surface area contributed by atoms with Gasteiger partial charge in [0.2, 0.25) is 5.91 Å². The highest BCUT2D eigenvalue weighted by Crippen LogP contribution is 2.15. The molecule has 1 unspecified atom stereocenters. The number of rotatable bonds is 3. The standard InChI is InChI=1S/C11H20N2O3/c14-9-10-1-2-12(7-10)8-11(15)13-3-5-16-6-4-13/h10,14H,1-9H2. The third kappa shape index (κ3) is 2.93. The minimum absolute atomic E-state index is 0.196. The number of hydrogen-bond donors (Lipinski definition) is 1. The smallest absolute Gasteiger partial charge is 0.236 e. The largest absolute Gasteiger partial charge is 0.396 e. The van der Waals surface area contributed by atoms with Crippen LogP contribution in [-0.4, -0.2) is 73.4 Å². The van der Waals surface area contributed by atoms with E-state index in [4.69, 9.17) is 9.84 Å². The van der Waals surface area contributed by atoms with E-state index >= 15 is 0 Å². The van der Waals surface area contributed by atoms with E-state index in [1.54, 1.807) is 0 Å². The number of carbonyl (C=O) groups is 1. The summed E-state index contributed by atoms with van der Waals surface area (Å²) in [6.45, 7) is 5.27. The molecule has 2 aliphatic rings. The van der Waals surface area contributed by atoms with E-state index < -0.39 is 0 Å². The number of hydrogen-bond acceptors (Lipinski definition) is 4. The fourth-order valence-electron chi connectivity index (χ4n) is 2.31. The van der Waals surface area contributed by atoms with Crippen molar-refractivity contribution in [3.63, 3.8) is 0 Å². The molecule has 0 aromatic heterocycles. The lowest BCUT2D eigenvalue weighted by atomic mass is 10.1. The third-order valence-corrected chi connectivity index (χ3v) is 3.35. The Kier molecular flexibility index (Phi) is 4.15. The Morgan fingerprint density at radius 3 is 2.69 bits per heavy atom. The normalized spacial score (nSPS) is 27.3. The number of likely N-dealkylation sites (tertiary alicyclic amines) is 1. The summed E-state index contributed by atoms with van der Waals surface area (Å²) in [4.78, 5) is 15.9. The molecule has 1 N–H and O–H groups in total. The van der Waals surface area contributed by atoms with Crippen molar-refractivity contribution in [1.29, 1.82) is 0 Å². The van der Waals surface area contributed by atoms with E-state index in [-0.39, 0.29) is 12.5 Å². The van der Waals surface area contributed by atoms with Gasteiger partial charge < -0.3 is 14.7 Å². The lowest BCUT2D eigenvalue weighted by Gasteiger charge is -2.28. The van der Waals surface area contributed by atoms with Crippen molar-refractivity contribution in [3.8, 4) is 0 Å². The average molecular weight is 228 g/mol.